The summed E-state index contributed by atoms with van der Waals surface area (Å²) in [5, 5.41) is 3.39. The maximum absolute atomic E-state index is 13.8. The highest BCUT2D eigenvalue weighted by atomic mass is 35.5. The van der Waals surface area contributed by atoms with Crippen LogP contribution in [0.2, 0.25) is 5.02 Å². The van der Waals surface area contributed by atoms with Crippen molar-refractivity contribution in [3.63, 3.8) is 0 Å². The van der Waals surface area contributed by atoms with Crippen LogP contribution >= 0.6 is 11.6 Å². The number of H-pyrrole nitrogens is 1. The number of halogens is 2. The number of nitrogens with zero attached hydrogens (tertiary/aromatic N) is 2. The molecule has 0 radical (unpaired) electrons. The van der Waals surface area contributed by atoms with Crippen molar-refractivity contribution in [2.75, 3.05) is 12.4 Å². The number of nitrogens with one attached hydrogen (secondary N) is 2. The van der Waals surface area contributed by atoms with E-state index < -0.39 is 0 Å². The molecule has 0 aliphatic rings. The van der Waals surface area contributed by atoms with Gasteiger partial charge in [-0.1, -0.05) is 11.6 Å². The molecule has 0 saturated carbocycles. The number of anilines is 1. The normalized spacial score (nSPS) is 10.9. The fourth-order valence-corrected chi connectivity index (χ4v) is 2.01. The van der Waals surface area contributed by atoms with E-state index in [1.54, 1.807) is 7.05 Å². The minimum absolute atomic E-state index is 0.330. The second kappa shape index (κ2) is 4.51. The second-order valence-corrected chi connectivity index (χ2v) is 4.46. The predicted molar refractivity (Wildman–Crippen MR) is 73.8 cm³/mol. The van der Waals surface area contributed by atoms with Crippen LogP contribution < -0.4 is 5.32 Å². The van der Waals surface area contributed by atoms with Crippen LogP contribution in [0.1, 0.15) is 0 Å². The van der Waals surface area contributed by atoms with Crippen LogP contribution in [0.5, 0.6) is 0 Å². The standard InChI is InChI=1S/C13H10ClFN4/c1-16-11-5-4-10-13(18-11)19-12(17-10)8-6-7(14)2-3-9(8)15/h2-6H,1H3,(H2,16,17,18,19). The summed E-state index contributed by atoms with van der Waals surface area (Å²) in [6.45, 7) is 0. The first kappa shape index (κ1) is 11.9. The smallest absolute Gasteiger partial charge is 0.180 e. The molecule has 19 heavy (non-hydrogen) atoms. The monoisotopic (exact) mass is 276 g/mol. The van der Waals surface area contributed by atoms with Crippen LogP contribution in [-0.2, 0) is 0 Å². The molecule has 0 aliphatic heterocycles. The van der Waals surface area contributed by atoms with Gasteiger partial charge in [0.2, 0.25) is 0 Å². The van der Waals surface area contributed by atoms with E-state index in [4.69, 9.17) is 11.6 Å². The minimum Gasteiger partial charge on any atom is -0.373 e. The minimum atomic E-state index is -0.378. The molecule has 0 unspecified atom stereocenters. The van der Waals surface area contributed by atoms with E-state index in [2.05, 4.69) is 20.3 Å². The summed E-state index contributed by atoms with van der Waals surface area (Å²) in [5.41, 5.74) is 1.60. The molecule has 0 fully saturated rings. The topological polar surface area (TPSA) is 53.6 Å². The Bertz CT molecular complexity index is 753. The van der Waals surface area contributed by atoms with Crippen molar-refractivity contribution in [2.24, 2.45) is 0 Å². The third-order valence-electron chi connectivity index (χ3n) is 2.79. The zero-order valence-electron chi connectivity index (χ0n) is 10.0. The number of rotatable bonds is 2. The van der Waals surface area contributed by atoms with Crippen molar-refractivity contribution >= 4 is 28.6 Å². The molecule has 0 aliphatic carbocycles. The van der Waals surface area contributed by atoms with E-state index in [-0.39, 0.29) is 5.82 Å². The molecule has 0 bridgehead atoms. The van der Waals surface area contributed by atoms with Crippen molar-refractivity contribution in [1.82, 2.24) is 15.0 Å². The summed E-state index contributed by atoms with van der Waals surface area (Å²) in [4.78, 5) is 11.6. The van der Waals surface area contributed by atoms with Gasteiger partial charge >= 0.3 is 0 Å². The van der Waals surface area contributed by atoms with Gasteiger partial charge in [0.05, 0.1) is 11.1 Å². The van der Waals surface area contributed by atoms with Crippen molar-refractivity contribution in [3.05, 3.63) is 41.2 Å². The maximum Gasteiger partial charge on any atom is 0.180 e. The van der Waals surface area contributed by atoms with E-state index in [0.717, 1.165) is 5.52 Å². The average molecular weight is 277 g/mol. The Balaban J connectivity index is 2.17. The average Bonchev–Trinajstić information content (AvgIpc) is 2.83. The molecule has 6 heteroatoms. The Hall–Kier alpha value is -2.14. The largest absolute Gasteiger partial charge is 0.373 e. The molecular formula is C13H10ClFN4. The van der Waals surface area contributed by atoms with Crippen molar-refractivity contribution in [1.29, 1.82) is 0 Å². The molecule has 3 rings (SSSR count). The molecule has 2 N–H and O–H groups in total. The first-order valence-corrected chi connectivity index (χ1v) is 6.05. The van der Waals surface area contributed by atoms with Gasteiger partial charge in [-0.25, -0.2) is 14.4 Å². The van der Waals surface area contributed by atoms with Gasteiger partial charge in [-0.3, -0.25) is 0 Å². The highest BCUT2D eigenvalue weighted by Crippen LogP contribution is 2.25. The van der Waals surface area contributed by atoms with Crippen LogP contribution in [-0.4, -0.2) is 22.0 Å². The maximum atomic E-state index is 13.8. The summed E-state index contributed by atoms with van der Waals surface area (Å²) in [7, 11) is 1.78. The van der Waals surface area contributed by atoms with E-state index >= 15 is 0 Å². The Morgan fingerprint density at radius 1 is 1.21 bits per heavy atom. The van der Waals surface area contributed by atoms with Gasteiger partial charge in [-0.15, -0.1) is 0 Å². The molecule has 0 spiro atoms. The molecule has 2 heterocycles. The molecular weight excluding hydrogens is 267 g/mol. The number of aromatic amines is 1. The fourth-order valence-electron chi connectivity index (χ4n) is 1.84. The number of fused-ring (bicyclic) bond motifs is 1. The van der Waals surface area contributed by atoms with Gasteiger partial charge in [0.15, 0.2) is 5.65 Å². The molecule has 0 amide bonds. The third-order valence-corrected chi connectivity index (χ3v) is 3.02. The predicted octanol–water partition coefficient (Wildman–Crippen LogP) is 3.46. The van der Waals surface area contributed by atoms with Gasteiger partial charge in [0.1, 0.15) is 17.5 Å². The second-order valence-electron chi connectivity index (χ2n) is 4.03. The lowest BCUT2D eigenvalue weighted by atomic mass is 10.2. The van der Waals surface area contributed by atoms with Gasteiger partial charge in [-0.05, 0) is 30.3 Å². The highest BCUT2D eigenvalue weighted by Gasteiger charge is 2.11. The van der Waals surface area contributed by atoms with Gasteiger partial charge < -0.3 is 10.3 Å². The van der Waals surface area contributed by atoms with Gasteiger partial charge in [-0.2, -0.15) is 0 Å². The first-order chi connectivity index (χ1) is 9.17. The van der Waals surface area contributed by atoms with Crippen LogP contribution in [0.15, 0.2) is 30.3 Å². The van der Waals surface area contributed by atoms with Crippen molar-refractivity contribution in [3.8, 4) is 11.4 Å². The van der Waals surface area contributed by atoms with Gasteiger partial charge in [0.25, 0.3) is 0 Å². The molecule has 0 atom stereocenters. The Morgan fingerprint density at radius 3 is 2.84 bits per heavy atom. The Morgan fingerprint density at radius 2 is 2.05 bits per heavy atom. The lowest BCUT2D eigenvalue weighted by Crippen LogP contribution is -1.91. The number of hydrogen-bond donors (Lipinski definition) is 2. The zero-order chi connectivity index (χ0) is 13.4. The van der Waals surface area contributed by atoms with Crippen LogP contribution in [0.25, 0.3) is 22.6 Å². The van der Waals surface area contributed by atoms with Gasteiger partial charge in [0, 0.05) is 12.1 Å². The quantitative estimate of drug-likeness (QED) is 0.754. The first-order valence-electron chi connectivity index (χ1n) is 5.67. The van der Waals surface area contributed by atoms with Crippen LogP contribution in [0.4, 0.5) is 10.2 Å². The summed E-state index contributed by atoms with van der Waals surface area (Å²) in [6, 6.07) is 8.01. The van der Waals surface area contributed by atoms with E-state index in [1.165, 1.54) is 18.2 Å². The van der Waals surface area contributed by atoms with E-state index in [1.807, 2.05) is 12.1 Å². The molecule has 2 aromatic heterocycles. The Kier molecular flexibility index (Phi) is 2.83. The van der Waals surface area contributed by atoms with Crippen molar-refractivity contribution in [2.45, 2.75) is 0 Å². The van der Waals surface area contributed by atoms with Crippen LogP contribution in [0.3, 0.4) is 0 Å². The lowest BCUT2D eigenvalue weighted by Gasteiger charge is -1.99. The number of imidazole rings is 1. The highest BCUT2D eigenvalue weighted by molar-refractivity contribution is 6.30. The molecule has 4 nitrogen and oxygen atoms in total. The van der Waals surface area contributed by atoms with E-state index in [0.29, 0.717) is 27.9 Å². The Labute approximate surface area is 113 Å². The zero-order valence-corrected chi connectivity index (χ0v) is 10.8. The fraction of sp³-hybridized carbons (Fsp3) is 0.0769. The SMILES string of the molecule is CNc1ccc2[nH]c(-c3cc(Cl)ccc3F)nc2n1. The molecule has 0 saturated heterocycles. The van der Waals surface area contributed by atoms with E-state index in [9.17, 15) is 4.39 Å². The van der Waals surface area contributed by atoms with Crippen LogP contribution in [0, 0.1) is 5.82 Å². The molecule has 1 aromatic carbocycles. The number of benzene rings is 1. The number of aromatic nitrogens is 3. The number of pyridine rings is 1. The summed E-state index contributed by atoms with van der Waals surface area (Å²) in [6.07, 6.45) is 0. The molecule has 96 valence electrons. The number of hydrogen-bond acceptors (Lipinski definition) is 3. The summed E-state index contributed by atoms with van der Waals surface area (Å²) in [5.74, 6) is 0.741. The molecule has 3 aromatic rings. The summed E-state index contributed by atoms with van der Waals surface area (Å²) >= 11 is 5.88. The van der Waals surface area contributed by atoms with Crippen molar-refractivity contribution < 1.29 is 4.39 Å². The summed E-state index contributed by atoms with van der Waals surface area (Å²) < 4.78 is 13.8. The third kappa shape index (κ3) is 2.13. The lowest BCUT2D eigenvalue weighted by molar-refractivity contribution is 0.630.